The van der Waals surface area contributed by atoms with Crippen molar-refractivity contribution in [3.05, 3.63) is 53.1 Å². The summed E-state index contributed by atoms with van der Waals surface area (Å²) in [5.41, 5.74) is 8.83. The lowest BCUT2D eigenvalue weighted by atomic mass is 10.1. The average molecular weight is 287 g/mol. The third-order valence-electron chi connectivity index (χ3n) is 3.28. The van der Waals surface area contributed by atoms with Crippen molar-refractivity contribution in [1.29, 1.82) is 0 Å². The molecule has 21 heavy (non-hydrogen) atoms. The highest BCUT2D eigenvalue weighted by Gasteiger charge is 2.08. The second-order valence-corrected chi connectivity index (χ2v) is 4.79. The van der Waals surface area contributed by atoms with Crippen LogP contribution in [0.25, 0.3) is 0 Å². The van der Waals surface area contributed by atoms with Gasteiger partial charge in [-0.2, -0.15) is 0 Å². The maximum absolute atomic E-state index is 5.89. The summed E-state index contributed by atoms with van der Waals surface area (Å²) >= 11 is 0. The van der Waals surface area contributed by atoms with Gasteiger partial charge in [0.2, 0.25) is 0 Å². The van der Waals surface area contributed by atoms with Crippen LogP contribution in [0.15, 0.2) is 36.4 Å². The van der Waals surface area contributed by atoms with Crippen LogP contribution in [-0.4, -0.2) is 14.2 Å². The largest absolute Gasteiger partial charge is 0.496 e. The Balaban J connectivity index is 2.21. The van der Waals surface area contributed by atoms with Crippen molar-refractivity contribution in [3.8, 4) is 17.2 Å². The fourth-order valence-corrected chi connectivity index (χ4v) is 2.14. The van der Waals surface area contributed by atoms with Gasteiger partial charge in [-0.25, -0.2) is 0 Å². The number of hydrogen-bond donors (Lipinski definition) is 1. The molecule has 0 radical (unpaired) electrons. The molecule has 2 aromatic carbocycles. The van der Waals surface area contributed by atoms with Gasteiger partial charge in [-0.05, 0) is 36.8 Å². The van der Waals surface area contributed by atoms with E-state index in [4.69, 9.17) is 19.9 Å². The molecule has 0 spiro atoms. The maximum atomic E-state index is 5.89. The maximum Gasteiger partial charge on any atom is 0.161 e. The zero-order chi connectivity index (χ0) is 15.2. The van der Waals surface area contributed by atoms with Gasteiger partial charge in [0.15, 0.2) is 11.5 Å². The molecule has 0 saturated heterocycles. The monoisotopic (exact) mass is 287 g/mol. The van der Waals surface area contributed by atoms with Crippen molar-refractivity contribution < 1.29 is 14.2 Å². The molecule has 4 nitrogen and oxygen atoms in total. The van der Waals surface area contributed by atoms with Gasteiger partial charge in [0.05, 0.1) is 14.2 Å². The predicted octanol–water partition coefficient (Wildman–Crippen LogP) is 3.05. The summed E-state index contributed by atoms with van der Waals surface area (Å²) in [7, 11) is 3.28. The van der Waals surface area contributed by atoms with E-state index in [2.05, 4.69) is 6.07 Å². The molecule has 0 aliphatic heterocycles. The summed E-state index contributed by atoms with van der Waals surface area (Å²) in [5.74, 6) is 2.19. The Morgan fingerprint density at radius 3 is 2.29 bits per heavy atom. The molecule has 0 unspecified atom stereocenters. The Bertz CT molecular complexity index is 611. The van der Waals surface area contributed by atoms with Crippen LogP contribution in [0.5, 0.6) is 17.2 Å². The van der Waals surface area contributed by atoms with Crippen LogP contribution in [0.2, 0.25) is 0 Å². The van der Waals surface area contributed by atoms with Crippen LogP contribution in [-0.2, 0) is 13.2 Å². The first-order chi connectivity index (χ1) is 10.2. The normalized spacial score (nSPS) is 10.3. The third-order valence-corrected chi connectivity index (χ3v) is 3.28. The van der Waals surface area contributed by atoms with Crippen molar-refractivity contribution in [3.63, 3.8) is 0 Å². The SMILES string of the molecule is COc1ccc(C)cc1COc1cc(CN)ccc1OC. The Morgan fingerprint density at radius 1 is 0.905 bits per heavy atom. The van der Waals surface area contributed by atoms with Gasteiger partial charge in [0, 0.05) is 12.1 Å². The molecule has 0 aliphatic rings. The first kappa shape index (κ1) is 15.2. The van der Waals surface area contributed by atoms with E-state index in [9.17, 15) is 0 Å². The molecular weight excluding hydrogens is 266 g/mol. The highest BCUT2D eigenvalue weighted by Crippen LogP contribution is 2.30. The molecule has 0 aliphatic carbocycles. The van der Waals surface area contributed by atoms with Gasteiger partial charge >= 0.3 is 0 Å². The number of methoxy groups -OCH3 is 2. The Kier molecular flexibility index (Phi) is 5.06. The summed E-state index contributed by atoms with van der Waals surface area (Å²) in [6.45, 7) is 2.92. The lowest BCUT2D eigenvalue weighted by Gasteiger charge is -2.14. The molecule has 0 atom stereocenters. The molecule has 0 saturated carbocycles. The van der Waals surface area contributed by atoms with Gasteiger partial charge in [-0.1, -0.05) is 17.7 Å². The fraction of sp³-hybridized carbons (Fsp3) is 0.294. The summed E-state index contributed by atoms with van der Waals surface area (Å²) in [4.78, 5) is 0. The molecular formula is C17H21NO3. The van der Waals surface area contributed by atoms with Crippen LogP contribution < -0.4 is 19.9 Å². The lowest BCUT2D eigenvalue weighted by Crippen LogP contribution is -2.02. The Labute approximate surface area is 125 Å². The second kappa shape index (κ2) is 6.99. The van der Waals surface area contributed by atoms with Gasteiger partial charge in [-0.3, -0.25) is 0 Å². The van der Waals surface area contributed by atoms with E-state index in [-0.39, 0.29) is 0 Å². The number of benzene rings is 2. The molecule has 0 heterocycles. The van der Waals surface area contributed by atoms with Crippen LogP contribution in [0, 0.1) is 6.92 Å². The number of aryl methyl sites for hydroxylation is 1. The Hall–Kier alpha value is -2.20. The molecule has 0 fully saturated rings. The zero-order valence-electron chi connectivity index (χ0n) is 12.7. The highest BCUT2D eigenvalue weighted by molar-refractivity contribution is 5.43. The number of nitrogens with two attached hydrogens (primary N) is 1. The smallest absolute Gasteiger partial charge is 0.161 e. The van der Waals surface area contributed by atoms with Gasteiger partial charge in [-0.15, -0.1) is 0 Å². The van der Waals surface area contributed by atoms with Crippen molar-refractivity contribution in [2.45, 2.75) is 20.1 Å². The number of rotatable bonds is 6. The van der Waals surface area contributed by atoms with Crippen molar-refractivity contribution in [2.75, 3.05) is 14.2 Å². The van der Waals surface area contributed by atoms with E-state index < -0.39 is 0 Å². The quantitative estimate of drug-likeness (QED) is 0.887. The minimum atomic E-state index is 0.412. The first-order valence-corrected chi connectivity index (χ1v) is 6.81. The average Bonchev–Trinajstić information content (AvgIpc) is 2.52. The second-order valence-electron chi connectivity index (χ2n) is 4.79. The molecule has 2 aromatic rings. The van der Waals surface area contributed by atoms with Crippen LogP contribution in [0.1, 0.15) is 16.7 Å². The summed E-state index contributed by atoms with van der Waals surface area (Å²) in [5, 5.41) is 0. The van der Waals surface area contributed by atoms with Crippen molar-refractivity contribution in [2.24, 2.45) is 5.73 Å². The minimum Gasteiger partial charge on any atom is -0.496 e. The highest BCUT2D eigenvalue weighted by atomic mass is 16.5. The molecule has 4 heteroatoms. The summed E-state index contributed by atoms with van der Waals surface area (Å²) in [6.07, 6.45) is 0. The topological polar surface area (TPSA) is 53.7 Å². The standard InChI is InChI=1S/C17H21NO3/c1-12-4-6-15(19-2)14(8-12)11-21-17-9-13(10-18)5-7-16(17)20-3/h4-9H,10-11,18H2,1-3H3. The van der Waals surface area contributed by atoms with E-state index in [1.54, 1.807) is 14.2 Å². The van der Waals surface area contributed by atoms with Crippen LogP contribution in [0.4, 0.5) is 0 Å². The van der Waals surface area contributed by atoms with Gasteiger partial charge in [0.25, 0.3) is 0 Å². The minimum absolute atomic E-state index is 0.412. The molecule has 0 amide bonds. The number of ether oxygens (including phenoxy) is 3. The first-order valence-electron chi connectivity index (χ1n) is 6.81. The summed E-state index contributed by atoms with van der Waals surface area (Å²) in [6, 6.07) is 11.7. The van der Waals surface area contributed by atoms with E-state index in [1.807, 2.05) is 37.3 Å². The molecule has 0 bridgehead atoms. The zero-order valence-corrected chi connectivity index (χ0v) is 12.7. The molecule has 0 aromatic heterocycles. The molecule has 112 valence electrons. The van der Waals surface area contributed by atoms with E-state index in [1.165, 1.54) is 0 Å². The van der Waals surface area contributed by atoms with E-state index in [0.29, 0.717) is 24.7 Å². The fourth-order valence-electron chi connectivity index (χ4n) is 2.14. The van der Waals surface area contributed by atoms with E-state index >= 15 is 0 Å². The van der Waals surface area contributed by atoms with Gasteiger partial charge < -0.3 is 19.9 Å². The molecule has 2 N–H and O–H groups in total. The van der Waals surface area contributed by atoms with Crippen molar-refractivity contribution >= 4 is 0 Å². The van der Waals surface area contributed by atoms with Crippen molar-refractivity contribution in [1.82, 2.24) is 0 Å². The van der Waals surface area contributed by atoms with Crippen LogP contribution in [0.3, 0.4) is 0 Å². The summed E-state index contributed by atoms with van der Waals surface area (Å²) < 4.78 is 16.6. The Morgan fingerprint density at radius 2 is 1.62 bits per heavy atom. The third kappa shape index (κ3) is 3.67. The van der Waals surface area contributed by atoms with Gasteiger partial charge in [0.1, 0.15) is 12.4 Å². The van der Waals surface area contributed by atoms with Crippen LogP contribution >= 0.6 is 0 Å². The predicted molar refractivity (Wildman–Crippen MR) is 82.9 cm³/mol. The number of hydrogen-bond acceptors (Lipinski definition) is 4. The lowest BCUT2D eigenvalue weighted by molar-refractivity contribution is 0.277. The van der Waals surface area contributed by atoms with E-state index in [0.717, 1.165) is 22.4 Å². The molecule has 2 rings (SSSR count).